The Morgan fingerprint density at radius 1 is 1.20 bits per heavy atom. The predicted octanol–water partition coefficient (Wildman–Crippen LogP) is 3.01. The summed E-state index contributed by atoms with van der Waals surface area (Å²) >= 11 is 0. The van der Waals surface area contributed by atoms with Crippen molar-refractivity contribution in [3.05, 3.63) is 47.4 Å². The van der Waals surface area contributed by atoms with E-state index in [1.165, 1.54) is 29.5 Å². The first kappa shape index (κ1) is 13.3. The molecule has 0 atom stereocenters. The molecule has 1 aromatic heterocycles. The Kier molecular flexibility index (Phi) is 3.30. The summed E-state index contributed by atoms with van der Waals surface area (Å²) in [6.45, 7) is 5.22. The van der Waals surface area contributed by atoms with E-state index in [2.05, 4.69) is 42.3 Å². The molecule has 20 heavy (non-hydrogen) atoms. The second-order valence-electron chi connectivity index (χ2n) is 5.89. The molecular weight excluding hydrogens is 246 g/mol. The van der Waals surface area contributed by atoms with Gasteiger partial charge in [-0.25, -0.2) is 9.97 Å². The maximum atomic E-state index is 4.85. The summed E-state index contributed by atoms with van der Waals surface area (Å²) in [5.41, 5.74) is 4.95. The number of aryl methyl sites for hydroxylation is 2. The highest BCUT2D eigenvalue weighted by Crippen LogP contribution is 2.46. The van der Waals surface area contributed by atoms with Gasteiger partial charge in [0, 0.05) is 23.7 Å². The van der Waals surface area contributed by atoms with E-state index >= 15 is 0 Å². The largest absolute Gasteiger partial charge is 0.319 e. The molecule has 1 N–H and O–H groups in total. The first-order valence-electron chi connectivity index (χ1n) is 7.20. The summed E-state index contributed by atoms with van der Waals surface area (Å²) in [6.07, 6.45) is 4.27. The lowest BCUT2D eigenvalue weighted by Crippen LogP contribution is -2.25. The molecule has 1 saturated carbocycles. The molecule has 1 fully saturated rings. The van der Waals surface area contributed by atoms with Gasteiger partial charge in [0.2, 0.25) is 0 Å². The fourth-order valence-corrected chi connectivity index (χ4v) is 2.74. The van der Waals surface area contributed by atoms with Crippen LogP contribution in [0.15, 0.2) is 30.5 Å². The average Bonchev–Trinajstić information content (AvgIpc) is 3.23. The van der Waals surface area contributed by atoms with Crippen molar-refractivity contribution in [2.24, 2.45) is 0 Å². The number of hydrogen-bond donors (Lipinski definition) is 1. The molecule has 1 aliphatic rings. The fraction of sp³-hybridized carbons (Fsp3) is 0.412. The van der Waals surface area contributed by atoms with Crippen molar-refractivity contribution in [3.8, 4) is 11.3 Å². The Morgan fingerprint density at radius 3 is 2.70 bits per heavy atom. The highest BCUT2D eigenvalue weighted by atomic mass is 15.0. The van der Waals surface area contributed by atoms with Crippen molar-refractivity contribution in [2.45, 2.75) is 32.1 Å². The third-order valence-corrected chi connectivity index (χ3v) is 4.17. The molecule has 0 aliphatic heterocycles. The SMILES string of the molecule is CNCC1(c2nccc(-c3cc(C)ccc3C)n2)CC1. The van der Waals surface area contributed by atoms with E-state index < -0.39 is 0 Å². The summed E-state index contributed by atoms with van der Waals surface area (Å²) in [5.74, 6) is 0.991. The van der Waals surface area contributed by atoms with E-state index in [4.69, 9.17) is 4.98 Å². The molecule has 3 heteroatoms. The average molecular weight is 267 g/mol. The zero-order valence-electron chi connectivity index (χ0n) is 12.4. The minimum Gasteiger partial charge on any atom is -0.319 e. The van der Waals surface area contributed by atoms with Crippen LogP contribution in [0.3, 0.4) is 0 Å². The summed E-state index contributed by atoms with van der Waals surface area (Å²) in [5, 5.41) is 3.27. The van der Waals surface area contributed by atoms with Gasteiger partial charge < -0.3 is 5.32 Å². The van der Waals surface area contributed by atoms with E-state index in [0.717, 1.165) is 18.1 Å². The molecule has 0 radical (unpaired) electrons. The summed E-state index contributed by atoms with van der Waals surface area (Å²) in [6, 6.07) is 8.52. The van der Waals surface area contributed by atoms with Gasteiger partial charge in [0.25, 0.3) is 0 Å². The van der Waals surface area contributed by atoms with Crippen molar-refractivity contribution in [1.29, 1.82) is 0 Å². The van der Waals surface area contributed by atoms with Gasteiger partial charge in [-0.05, 0) is 51.4 Å². The number of nitrogens with zero attached hydrogens (tertiary/aromatic N) is 2. The van der Waals surface area contributed by atoms with Crippen LogP contribution in [0.1, 0.15) is 29.8 Å². The van der Waals surface area contributed by atoms with Gasteiger partial charge in [0.05, 0.1) is 5.69 Å². The molecule has 0 unspecified atom stereocenters. The summed E-state index contributed by atoms with van der Waals surface area (Å²) < 4.78 is 0. The molecule has 1 aliphatic carbocycles. The number of benzene rings is 1. The van der Waals surface area contributed by atoms with Crippen molar-refractivity contribution in [1.82, 2.24) is 15.3 Å². The van der Waals surface area contributed by atoms with E-state index in [9.17, 15) is 0 Å². The number of nitrogens with one attached hydrogen (secondary N) is 1. The van der Waals surface area contributed by atoms with E-state index in [-0.39, 0.29) is 5.41 Å². The normalized spacial score (nSPS) is 16.1. The molecule has 3 rings (SSSR count). The van der Waals surface area contributed by atoms with E-state index in [1.807, 2.05) is 19.3 Å². The van der Waals surface area contributed by atoms with Crippen LogP contribution in [0.4, 0.5) is 0 Å². The van der Waals surface area contributed by atoms with E-state index in [0.29, 0.717) is 0 Å². The molecular formula is C17H21N3. The molecule has 1 heterocycles. The first-order chi connectivity index (χ1) is 9.64. The minimum atomic E-state index is 0.169. The van der Waals surface area contributed by atoms with Gasteiger partial charge in [-0.1, -0.05) is 17.7 Å². The maximum absolute atomic E-state index is 4.85. The minimum absolute atomic E-state index is 0.169. The molecule has 0 spiro atoms. The maximum Gasteiger partial charge on any atom is 0.136 e. The Morgan fingerprint density at radius 2 is 2.00 bits per heavy atom. The van der Waals surface area contributed by atoms with Gasteiger partial charge >= 0.3 is 0 Å². The van der Waals surface area contributed by atoms with Gasteiger partial charge in [-0.3, -0.25) is 0 Å². The van der Waals surface area contributed by atoms with Crippen LogP contribution in [-0.2, 0) is 5.41 Å². The van der Waals surface area contributed by atoms with Crippen LogP contribution in [-0.4, -0.2) is 23.6 Å². The lowest BCUT2D eigenvalue weighted by Gasteiger charge is -2.14. The fourth-order valence-electron chi connectivity index (χ4n) is 2.74. The van der Waals surface area contributed by atoms with Gasteiger partial charge in [0.15, 0.2) is 0 Å². The number of likely N-dealkylation sites (N-methyl/N-ethyl adjacent to an activating group) is 1. The molecule has 3 nitrogen and oxygen atoms in total. The van der Waals surface area contributed by atoms with Gasteiger partial charge in [-0.15, -0.1) is 0 Å². The van der Waals surface area contributed by atoms with Gasteiger partial charge in [-0.2, -0.15) is 0 Å². The van der Waals surface area contributed by atoms with Crippen molar-refractivity contribution in [2.75, 3.05) is 13.6 Å². The highest BCUT2D eigenvalue weighted by molar-refractivity contribution is 5.64. The van der Waals surface area contributed by atoms with Crippen molar-refractivity contribution < 1.29 is 0 Å². The standard InChI is InChI=1S/C17H21N3/c1-12-4-5-13(2)14(10-12)15-6-9-19-16(20-15)17(7-8-17)11-18-3/h4-6,9-10,18H,7-8,11H2,1-3H3. The summed E-state index contributed by atoms with van der Waals surface area (Å²) in [7, 11) is 1.99. The van der Waals surface area contributed by atoms with Gasteiger partial charge in [0.1, 0.15) is 5.82 Å². The van der Waals surface area contributed by atoms with Crippen LogP contribution in [0.25, 0.3) is 11.3 Å². The Bertz CT molecular complexity index is 630. The lowest BCUT2D eigenvalue weighted by molar-refractivity contribution is 0.588. The Labute approximate surface area is 120 Å². The van der Waals surface area contributed by atoms with Crippen LogP contribution < -0.4 is 5.32 Å². The summed E-state index contributed by atoms with van der Waals surface area (Å²) in [4.78, 5) is 9.37. The monoisotopic (exact) mass is 267 g/mol. The van der Waals surface area contributed by atoms with Crippen molar-refractivity contribution in [3.63, 3.8) is 0 Å². The molecule has 0 saturated heterocycles. The molecule has 0 bridgehead atoms. The van der Waals surface area contributed by atoms with Crippen LogP contribution in [0.5, 0.6) is 0 Å². The Hall–Kier alpha value is -1.74. The number of hydrogen-bond acceptors (Lipinski definition) is 3. The van der Waals surface area contributed by atoms with Crippen LogP contribution in [0, 0.1) is 13.8 Å². The first-order valence-corrected chi connectivity index (χ1v) is 7.20. The number of aromatic nitrogens is 2. The zero-order valence-corrected chi connectivity index (χ0v) is 12.4. The second kappa shape index (κ2) is 4.98. The molecule has 1 aromatic carbocycles. The third-order valence-electron chi connectivity index (χ3n) is 4.17. The Balaban J connectivity index is 2.01. The van der Waals surface area contributed by atoms with Crippen molar-refractivity contribution >= 4 is 0 Å². The smallest absolute Gasteiger partial charge is 0.136 e. The van der Waals surface area contributed by atoms with E-state index in [1.54, 1.807) is 0 Å². The topological polar surface area (TPSA) is 37.8 Å². The molecule has 104 valence electrons. The van der Waals surface area contributed by atoms with Crippen LogP contribution >= 0.6 is 0 Å². The molecule has 0 amide bonds. The third kappa shape index (κ3) is 2.34. The van der Waals surface area contributed by atoms with Crippen LogP contribution in [0.2, 0.25) is 0 Å². The number of rotatable bonds is 4. The zero-order chi connectivity index (χ0) is 14.2. The second-order valence-corrected chi connectivity index (χ2v) is 5.89. The highest BCUT2D eigenvalue weighted by Gasteiger charge is 2.46. The molecule has 2 aromatic rings. The predicted molar refractivity (Wildman–Crippen MR) is 81.8 cm³/mol. The lowest BCUT2D eigenvalue weighted by atomic mass is 10.0. The quantitative estimate of drug-likeness (QED) is 0.925.